The second kappa shape index (κ2) is 7.11. The molecule has 2 unspecified atom stereocenters. The number of halogens is 1. The Balaban J connectivity index is 1.76. The van der Waals surface area contributed by atoms with Gasteiger partial charge in [0.2, 0.25) is 0 Å². The SMILES string of the molecule is CCOC(O)C1Cc2c(F)ccc(OCc3ccccc3)c2C1. The Morgan fingerprint density at radius 2 is 1.87 bits per heavy atom. The van der Waals surface area contributed by atoms with Crippen LogP contribution < -0.4 is 4.74 Å². The van der Waals surface area contributed by atoms with Crippen molar-refractivity contribution in [3.8, 4) is 5.75 Å². The molecule has 2 aromatic carbocycles. The molecule has 0 heterocycles. The highest BCUT2D eigenvalue weighted by Gasteiger charge is 2.32. The van der Waals surface area contributed by atoms with E-state index in [1.54, 1.807) is 6.07 Å². The third-order valence-electron chi connectivity index (χ3n) is 4.24. The predicted octanol–water partition coefficient (Wildman–Crippen LogP) is 3.47. The van der Waals surface area contributed by atoms with Crippen LogP contribution in [0.5, 0.6) is 5.75 Å². The lowest BCUT2D eigenvalue weighted by Crippen LogP contribution is -2.24. The first kappa shape index (κ1) is 16.0. The van der Waals surface area contributed by atoms with Gasteiger partial charge in [0, 0.05) is 18.1 Å². The molecule has 0 saturated carbocycles. The zero-order valence-corrected chi connectivity index (χ0v) is 13.2. The molecular formula is C19H21FO3. The maximum absolute atomic E-state index is 14.1. The average molecular weight is 316 g/mol. The van der Waals surface area contributed by atoms with E-state index in [9.17, 15) is 9.50 Å². The average Bonchev–Trinajstić information content (AvgIpc) is 3.02. The lowest BCUT2D eigenvalue weighted by molar-refractivity contribution is -0.128. The number of ether oxygens (including phenoxy) is 2. The summed E-state index contributed by atoms with van der Waals surface area (Å²) in [5, 5.41) is 10.0. The number of aliphatic hydroxyl groups is 1. The minimum Gasteiger partial charge on any atom is -0.489 e. The van der Waals surface area contributed by atoms with Gasteiger partial charge in [0.1, 0.15) is 18.2 Å². The van der Waals surface area contributed by atoms with E-state index in [-0.39, 0.29) is 11.7 Å². The van der Waals surface area contributed by atoms with Gasteiger partial charge in [-0.1, -0.05) is 30.3 Å². The Bertz CT molecular complexity index is 657. The van der Waals surface area contributed by atoms with Crippen molar-refractivity contribution in [2.24, 2.45) is 5.92 Å². The van der Waals surface area contributed by atoms with Crippen LogP contribution in [0.15, 0.2) is 42.5 Å². The molecule has 1 aliphatic rings. The van der Waals surface area contributed by atoms with E-state index in [0.717, 1.165) is 11.1 Å². The van der Waals surface area contributed by atoms with Gasteiger partial charge in [-0.3, -0.25) is 0 Å². The molecule has 2 aromatic rings. The first-order valence-corrected chi connectivity index (χ1v) is 7.95. The third-order valence-corrected chi connectivity index (χ3v) is 4.24. The number of benzene rings is 2. The molecule has 0 fully saturated rings. The fraction of sp³-hybridized carbons (Fsp3) is 0.368. The van der Waals surface area contributed by atoms with Gasteiger partial charge in [-0.05, 0) is 43.0 Å². The summed E-state index contributed by atoms with van der Waals surface area (Å²) in [5.74, 6) is 0.329. The Hall–Kier alpha value is -1.91. The van der Waals surface area contributed by atoms with Gasteiger partial charge in [-0.25, -0.2) is 4.39 Å². The van der Waals surface area contributed by atoms with E-state index in [2.05, 4.69) is 0 Å². The largest absolute Gasteiger partial charge is 0.489 e. The van der Waals surface area contributed by atoms with Crippen LogP contribution in [-0.4, -0.2) is 18.0 Å². The maximum atomic E-state index is 14.1. The van der Waals surface area contributed by atoms with E-state index < -0.39 is 6.29 Å². The van der Waals surface area contributed by atoms with Crippen LogP contribution in [0, 0.1) is 11.7 Å². The summed E-state index contributed by atoms with van der Waals surface area (Å²) in [6.07, 6.45) is 0.178. The zero-order valence-electron chi connectivity index (χ0n) is 13.2. The zero-order chi connectivity index (χ0) is 16.2. The molecular weight excluding hydrogens is 295 g/mol. The fourth-order valence-corrected chi connectivity index (χ4v) is 3.06. The molecule has 3 rings (SSSR count). The molecule has 0 radical (unpaired) electrons. The molecule has 1 N–H and O–H groups in total. The number of hydrogen-bond donors (Lipinski definition) is 1. The van der Waals surface area contributed by atoms with Gasteiger partial charge < -0.3 is 14.6 Å². The van der Waals surface area contributed by atoms with Crippen molar-refractivity contribution in [1.82, 2.24) is 0 Å². The van der Waals surface area contributed by atoms with Gasteiger partial charge in [-0.15, -0.1) is 0 Å². The van der Waals surface area contributed by atoms with Crippen LogP contribution in [0.25, 0.3) is 0 Å². The monoisotopic (exact) mass is 316 g/mol. The second-order valence-corrected chi connectivity index (χ2v) is 5.79. The summed E-state index contributed by atoms with van der Waals surface area (Å²) in [4.78, 5) is 0. The van der Waals surface area contributed by atoms with E-state index in [0.29, 0.717) is 37.4 Å². The summed E-state index contributed by atoms with van der Waals surface area (Å²) in [5.41, 5.74) is 2.55. The maximum Gasteiger partial charge on any atom is 0.157 e. The molecule has 0 saturated heterocycles. The Kier molecular flexibility index (Phi) is 4.94. The molecule has 0 spiro atoms. The van der Waals surface area contributed by atoms with Crippen molar-refractivity contribution in [3.05, 3.63) is 65.0 Å². The van der Waals surface area contributed by atoms with Crippen molar-refractivity contribution in [1.29, 1.82) is 0 Å². The molecule has 23 heavy (non-hydrogen) atoms. The minimum atomic E-state index is -0.867. The Morgan fingerprint density at radius 3 is 2.61 bits per heavy atom. The Labute approximate surface area is 135 Å². The van der Waals surface area contributed by atoms with Crippen molar-refractivity contribution >= 4 is 0 Å². The molecule has 122 valence electrons. The summed E-state index contributed by atoms with van der Waals surface area (Å²) in [6, 6.07) is 13.0. The van der Waals surface area contributed by atoms with Gasteiger partial charge >= 0.3 is 0 Å². The van der Waals surface area contributed by atoms with Crippen molar-refractivity contribution < 1.29 is 19.0 Å². The van der Waals surface area contributed by atoms with Crippen molar-refractivity contribution in [3.63, 3.8) is 0 Å². The molecule has 0 aliphatic heterocycles. The lowest BCUT2D eigenvalue weighted by atomic mass is 10.1. The standard InChI is InChI=1S/C19H21FO3/c1-2-22-19(21)14-10-15-16(11-14)18(9-8-17(15)20)23-12-13-6-4-3-5-7-13/h3-9,14,19,21H,2,10-12H2,1H3. The van der Waals surface area contributed by atoms with Crippen LogP contribution in [0.3, 0.4) is 0 Å². The van der Waals surface area contributed by atoms with Crippen molar-refractivity contribution in [2.45, 2.75) is 32.7 Å². The number of rotatable bonds is 6. The first-order valence-electron chi connectivity index (χ1n) is 7.95. The van der Waals surface area contributed by atoms with Gasteiger partial charge in [0.05, 0.1) is 0 Å². The smallest absolute Gasteiger partial charge is 0.157 e. The lowest BCUT2D eigenvalue weighted by Gasteiger charge is -2.17. The number of fused-ring (bicyclic) bond motifs is 1. The van der Waals surface area contributed by atoms with E-state index in [1.165, 1.54) is 6.07 Å². The molecule has 2 atom stereocenters. The first-order chi connectivity index (χ1) is 11.2. The van der Waals surface area contributed by atoms with Crippen LogP contribution in [0.1, 0.15) is 23.6 Å². The minimum absolute atomic E-state index is 0.124. The normalized spacial score (nSPS) is 17.8. The highest BCUT2D eigenvalue weighted by Crippen LogP contribution is 2.37. The van der Waals surface area contributed by atoms with E-state index in [4.69, 9.17) is 9.47 Å². The highest BCUT2D eigenvalue weighted by molar-refractivity contribution is 5.45. The van der Waals surface area contributed by atoms with Crippen molar-refractivity contribution in [2.75, 3.05) is 6.61 Å². The summed E-state index contributed by atoms with van der Waals surface area (Å²) in [7, 11) is 0. The molecule has 0 amide bonds. The van der Waals surface area contributed by atoms with E-state index in [1.807, 2.05) is 37.3 Å². The molecule has 0 aromatic heterocycles. The molecule has 1 aliphatic carbocycles. The predicted molar refractivity (Wildman–Crippen MR) is 85.7 cm³/mol. The molecule has 4 heteroatoms. The fourth-order valence-electron chi connectivity index (χ4n) is 3.06. The number of hydrogen-bond acceptors (Lipinski definition) is 3. The van der Waals surface area contributed by atoms with Gasteiger partial charge in [-0.2, -0.15) is 0 Å². The van der Waals surface area contributed by atoms with E-state index >= 15 is 0 Å². The van der Waals surface area contributed by atoms with Gasteiger partial charge in [0.15, 0.2) is 6.29 Å². The van der Waals surface area contributed by atoms with Crippen LogP contribution in [-0.2, 0) is 24.2 Å². The number of aliphatic hydroxyl groups excluding tert-OH is 1. The Morgan fingerprint density at radius 1 is 1.13 bits per heavy atom. The molecule has 3 nitrogen and oxygen atoms in total. The van der Waals surface area contributed by atoms with Crippen LogP contribution >= 0.6 is 0 Å². The van der Waals surface area contributed by atoms with Crippen LogP contribution in [0.2, 0.25) is 0 Å². The third kappa shape index (κ3) is 3.54. The van der Waals surface area contributed by atoms with Gasteiger partial charge in [0.25, 0.3) is 0 Å². The summed E-state index contributed by atoms with van der Waals surface area (Å²) in [6.45, 7) is 2.71. The molecule has 0 bridgehead atoms. The second-order valence-electron chi connectivity index (χ2n) is 5.79. The summed E-state index contributed by atoms with van der Waals surface area (Å²) < 4.78 is 25.2. The topological polar surface area (TPSA) is 38.7 Å². The quantitative estimate of drug-likeness (QED) is 0.829. The summed E-state index contributed by atoms with van der Waals surface area (Å²) >= 11 is 0. The van der Waals surface area contributed by atoms with Crippen LogP contribution in [0.4, 0.5) is 4.39 Å². The highest BCUT2D eigenvalue weighted by atomic mass is 19.1.